The Hall–Kier alpha value is -1.13. The van der Waals surface area contributed by atoms with E-state index in [1.54, 1.807) is 12.1 Å². The van der Waals surface area contributed by atoms with E-state index in [-0.39, 0.29) is 11.9 Å². The summed E-state index contributed by atoms with van der Waals surface area (Å²) in [6.45, 7) is 3.93. The van der Waals surface area contributed by atoms with Gasteiger partial charge in [0.1, 0.15) is 0 Å². The van der Waals surface area contributed by atoms with Crippen LogP contribution in [0.15, 0.2) is 18.2 Å². The van der Waals surface area contributed by atoms with Crippen molar-refractivity contribution in [2.45, 2.75) is 44.7 Å². The average molecular weight is 280 g/mol. The maximum absolute atomic E-state index is 13.9. The van der Waals surface area contributed by atoms with Crippen LogP contribution in [0.1, 0.15) is 44.2 Å². The van der Waals surface area contributed by atoms with Crippen LogP contribution in [0, 0.1) is 5.82 Å². The molecule has 2 atom stereocenters. The number of hydrogen-bond acceptors (Lipinski definition) is 3. The van der Waals surface area contributed by atoms with Crippen LogP contribution in [0.2, 0.25) is 0 Å². The van der Waals surface area contributed by atoms with Crippen LogP contribution in [0.3, 0.4) is 0 Å². The summed E-state index contributed by atoms with van der Waals surface area (Å²) in [5.74, 6) is 0.0161. The molecule has 1 aromatic rings. The fourth-order valence-electron chi connectivity index (χ4n) is 3.17. The van der Waals surface area contributed by atoms with Gasteiger partial charge in [0.05, 0.1) is 7.11 Å². The minimum Gasteiger partial charge on any atom is -0.494 e. The largest absolute Gasteiger partial charge is 0.494 e. The third-order valence-electron chi connectivity index (χ3n) is 4.33. The number of piperidine rings is 1. The minimum absolute atomic E-state index is 0.215. The topological polar surface area (TPSA) is 38.5 Å². The van der Waals surface area contributed by atoms with Gasteiger partial charge in [0, 0.05) is 12.1 Å². The summed E-state index contributed by atoms with van der Waals surface area (Å²) in [7, 11) is 1.49. The number of halogens is 1. The molecule has 1 fully saturated rings. The summed E-state index contributed by atoms with van der Waals surface area (Å²) in [5, 5.41) is 0. The lowest BCUT2D eigenvalue weighted by molar-refractivity contribution is 0.0982. The van der Waals surface area contributed by atoms with Crippen molar-refractivity contribution in [2.75, 3.05) is 20.2 Å². The molecule has 1 aromatic carbocycles. The quantitative estimate of drug-likeness (QED) is 0.900. The van der Waals surface area contributed by atoms with Crippen LogP contribution in [0.4, 0.5) is 4.39 Å². The van der Waals surface area contributed by atoms with Crippen LogP contribution >= 0.6 is 0 Å². The van der Waals surface area contributed by atoms with E-state index < -0.39 is 0 Å². The van der Waals surface area contributed by atoms with Gasteiger partial charge < -0.3 is 10.5 Å². The Balaban J connectivity index is 2.15. The van der Waals surface area contributed by atoms with E-state index in [0.29, 0.717) is 18.3 Å². The average Bonchev–Trinajstić information content (AvgIpc) is 2.47. The van der Waals surface area contributed by atoms with Crippen molar-refractivity contribution in [3.8, 4) is 5.75 Å². The molecule has 0 spiro atoms. The van der Waals surface area contributed by atoms with Crippen LogP contribution in [-0.4, -0.2) is 31.1 Å². The number of hydrogen-bond donors (Lipinski definition) is 1. The summed E-state index contributed by atoms with van der Waals surface area (Å²) >= 11 is 0. The first-order chi connectivity index (χ1) is 9.67. The van der Waals surface area contributed by atoms with Crippen molar-refractivity contribution in [3.63, 3.8) is 0 Å². The van der Waals surface area contributed by atoms with E-state index in [0.717, 1.165) is 18.5 Å². The molecule has 0 radical (unpaired) electrons. The maximum atomic E-state index is 13.9. The van der Waals surface area contributed by atoms with Crippen molar-refractivity contribution in [1.82, 2.24) is 4.90 Å². The van der Waals surface area contributed by atoms with E-state index in [9.17, 15) is 4.39 Å². The number of nitrogens with zero attached hydrogens (tertiary/aromatic N) is 1. The molecule has 20 heavy (non-hydrogen) atoms. The highest BCUT2D eigenvalue weighted by Gasteiger charge is 2.27. The molecule has 2 N–H and O–H groups in total. The molecule has 0 aliphatic carbocycles. The van der Waals surface area contributed by atoms with Crippen molar-refractivity contribution >= 4 is 0 Å². The number of nitrogens with two attached hydrogens (primary N) is 1. The molecule has 2 unspecified atom stereocenters. The van der Waals surface area contributed by atoms with Gasteiger partial charge in [-0.3, -0.25) is 4.90 Å². The molecule has 3 nitrogen and oxygen atoms in total. The van der Waals surface area contributed by atoms with E-state index in [1.165, 1.54) is 26.4 Å². The highest BCUT2D eigenvalue weighted by Crippen LogP contribution is 2.31. The zero-order valence-electron chi connectivity index (χ0n) is 12.4. The summed E-state index contributed by atoms with van der Waals surface area (Å²) in [4.78, 5) is 2.47. The second-order valence-corrected chi connectivity index (χ2v) is 5.53. The Bertz CT molecular complexity index is 436. The third-order valence-corrected chi connectivity index (χ3v) is 4.33. The van der Waals surface area contributed by atoms with Gasteiger partial charge in [0.15, 0.2) is 11.6 Å². The van der Waals surface area contributed by atoms with Gasteiger partial charge in [-0.25, -0.2) is 4.39 Å². The molecule has 1 saturated heterocycles. The Morgan fingerprint density at radius 2 is 2.25 bits per heavy atom. The van der Waals surface area contributed by atoms with Gasteiger partial charge in [0.2, 0.25) is 0 Å². The number of benzene rings is 1. The zero-order chi connectivity index (χ0) is 14.5. The molecule has 0 saturated carbocycles. The molecule has 0 bridgehead atoms. The van der Waals surface area contributed by atoms with Crippen LogP contribution in [0.25, 0.3) is 0 Å². The van der Waals surface area contributed by atoms with Crippen molar-refractivity contribution in [3.05, 3.63) is 29.6 Å². The van der Waals surface area contributed by atoms with E-state index >= 15 is 0 Å². The van der Waals surface area contributed by atoms with Crippen molar-refractivity contribution < 1.29 is 9.13 Å². The monoisotopic (exact) mass is 280 g/mol. The Morgan fingerprint density at radius 3 is 2.90 bits per heavy atom. The smallest absolute Gasteiger partial charge is 0.165 e. The fraction of sp³-hybridized carbons (Fsp3) is 0.625. The lowest BCUT2D eigenvalue weighted by Crippen LogP contribution is -2.42. The predicted molar refractivity (Wildman–Crippen MR) is 79.4 cm³/mol. The molecule has 4 heteroatoms. The second-order valence-electron chi connectivity index (χ2n) is 5.53. The summed E-state index contributed by atoms with van der Waals surface area (Å²) < 4.78 is 18.8. The van der Waals surface area contributed by atoms with E-state index in [4.69, 9.17) is 10.5 Å². The second kappa shape index (κ2) is 7.04. The molecular formula is C16H25FN2O. The maximum Gasteiger partial charge on any atom is 0.165 e. The highest BCUT2D eigenvalue weighted by atomic mass is 19.1. The van der Waals surface area contributed by atoms with Gasteiger partial charge in [0.25, 0.3) is 0 Å². The Kier molecular flexibility index (Phi) is 5.38. The molecule has 2 rings (SSSR count). The van der Waals surface area contributed by atoms with Gasteiger partial charge in [-0.15, -0.1) is 0 Å². The number of likely N-dealkylation sites (tertiary alicyclic amines) is 1. The Morgan fingerprint density at radius 1 is 1.45 bits per heavy atom. The molecule has 0 amide bonds. The number of ether oxygens (including phenoxy) is 1. The molecular weight excluding hydrogens is 255 g/mol. The lowest BCUT2D eigenvalue weighted by Gasteiger charge is -2.40. The van der Waals surface area contributed by atoms with Crippen LogP contribution in [0.5, 0.6) is 5.75 Å². The lowest BCUT2D eigenvalue weighted by atomic mass is 9.95. The van der Waals surface area contributed by atoms with Crippen molar-refractivity contribution in [1.29, 1.82) is 0 Å². The van der Waals surface area contributed by atoms with Crippen LogP contribution in [-0.2, 0) is 0 Å². The first-order valence-electron chi connectivity index (χ1n) is 7.46. The Labute approximate surface area is 120 Å². The van der Waals surface area contributed by atoms with Gasteiger partial charge in [-0.1, -0.05) is 12.5 Å². The molecule has 0 aromatic heterocycles. The molecule has 112 valence electrons. The van der Waals surface area contributed by atoms with Gasteiger partial charge in [-0.2, -0.15) is 0 Å². The standard InChI is InChI=1S/C16H25FN2O/c1-12(13-6-7-16(20-2)15(17)11-13)19-10-4-3-5-14(19)8-9-18/h6-7,11-12,14H,3-5,8-10,18H2,1-2H3. The predicted octanol–water partition coefficient (Wildman–Crippen LogP) is 3.10. The summed E-state index contributed by atoms with van der Waals surface area (Å²) in [6.07, 6.45) is 4.69. The fourth-order valence-corrected chi connectivity index (χ4v) is 3.17. The van der Waals surface area contributed by atoms with Crippen molar-refractivity contribution in [2.24, 2.45) is 5.73 Å². The molecule has 1 aliphatic heterocycles. The molecule has 1 aliphatic rings. The summed E-state index contributed by atoms with van der Waals surface area (Å²) in [5.41, 5.74) is 6.73. The van der Waals surface area contributed by atoms with Gasteiger partial charge in [-0.05, 0) is 57.0 Å². The highest BCUT2D eigenvalue weighted by molar-refractivity contribution is 5.31. The SMILES string of the molecule is COc1ccc(C(C)N2CCCCC2CCN)cc1F. The minimum atomic E-state index is -0.288. The normalized spacial score (nSPS) is 21.7. The first-order valence-corrected chi connectivity index (χ1v) is 7.46. The van der Waals surface area contributed by atoms with Gasteiger partial charge >= 0.3 is 0 Å². The van der Waals surface area contributed by atoms with E-state index in [1.807, 2.05) is 6.07 Å². The third kappa shape index (κ3) is 3.30. The number of methoxy groups -OCH3 is 1. The number of rotatable bonds is 5. The summed E-state index contributed by atoms with van der Waals surface area (Å²) in [6, 6.07) is 6.00. The van der Waals surface area contributed by atoms with E-state index in [2.05, 4.69) is 11.8 Å². The zero-order valence-corrected chi connectivity index (χ0v) is 12.4. The van der Waals surface area contributed by atoms with Crippen LogP contribution < -0.4 is 10.5 Å². The molecule has 1 heterocycles. The first kappa shape index (κ1) is 15.3.